The van der Waals surface area contributed by atoms with Crippen LogP contribution in [-0.2, 0) is 0 Å². The number of aryl methyl sites for hydroxylation is 1. The van der Waals surface area contributed by atoms with Crippen molar-refractivity contribution in [2.24, 2.45) is 0 Å². The number of halogens is 1. The topological polar surface area (TPSA) is 113 Å². The number of para-hydroxylation sites is 1. The minimum atomic E-state index is -0.537. The quantitative estimate of drug-likeness (QED) is 0.318. The molecule has 0 aliphatic rings. The van der Waals surface area contributed by atoms with E-state index >= 15 is 0 Å². The average molecular weight is 496 g/mol. The summed E-state index contributed by atoms with van der Waals surface area (Å²) >= 11 is 0. The highest BCUT2D eigenvalue weighted by molar-refractivity contribution is 6.02. The predicted molar refractivity (Wildman–Crippen MR) is 139 cm³/mol. The summed E-state index contributed by atoms with van der Waals surface area (Å²) in [4.78, 5) is 25.5. The number of nitrogens with one attached hydrogen (secondary N) is 2. The summed E-state index contributed by atoms with van der Waals surface area (Å²) in [5.41, 5.74) is 3.42. The van der Waals surface area contributed by atoms with E-state index in [1.54, 1.807) is 21.5 Å². The fourth-order valence-electron chi connectivity index (χ4n) is 4.63. The van der Waals surface area contributed by atoms with Gasteiger partial charge in [-0.2, -0.15) is 5.10 Å². The molecule has 184 valence electrons. The van der Waals surface area contributed by atoms with Crippen molar-refractivity contribution < 1.29 is 9.50 Å². The first-order valence-corrected chi connectivity index (χ1v) is 11.7. The molecule has 0 fully saturated rings. The molecule has 0 amide bonds. The highest BCUT2D eigenvalue weighted by Gasteiger charge is 2.22. The molecule has 0 saturated heterocycles. The van der Waals surface area contributed by atoms with Crippen LogP contribution in [0.3, 0.4) is 0 Å². The van der Waals surface area contributed by atoms with Crippen molar-refractivity contribution in [3.63, 3.8) is 0 Å². The second-order valence-corrected chi connectivity index (χ2v) is 8.80. The summed E-state index contributed by atoms with van der Waals surface area (Å²) in [7, 11) is 0. The van der Waals surface area contributed by atoms with Gasteiger partial charge in [-0.15, -0.1) is 0 Å². The fraction of sp³-hybridized carbons (Fsp3) is 0.111. The monoisotopic (exact) mass is 495 g/mol. The van der Waals surface area contributed by atoms with Crippen LogP contribution in [0.15, 0.2) is 78.1 Å². The van der Waals surface area contributed by atoms with E-state index in [2.05, 4.69) is 20.3 Å². The summed E-state index contributed by atoms with van der Waals surface area (Å²) < 4.78 is 16.8. The van der Waals surface area contributed by atoms with Gasteiger partial charge in [-0.05, 0) is 49.7 Å². The Morgan fingerprint density at radius 2 is 1.89 bits per heavy atom. The Labute approximate surface area is 209 Å². The molecule has 0 radical (unpaired) electrons. The van der Waals surface area contributed by atoms with Crippen molar-refractivity contribution in [2.45, 2.75) is 19.9 Å². The highest BCUT2D eigenvalue weighted by atomic mass is 19.1. The third-order valence-corrected chi connectivity index (χ3v) is 6.39. The van der Waals surface area contributed by atoms with Gasteiger partial charge in [0.25, 0.3) is 5.56 Å². The molecule has 4 heterocycles. The minimum Gasteiger partial charge on any atom is -0.507 e. The van der Waals surface area contributed by atoms with E-state index < -0.39 is 11.9 Å². The number of rotatable bonds is 5. The molecule has 0 aliphatic heterocycles. The van der Waals surface area contributed by atoms with Gasteiger partial charge in [0.15, 0.2) is 5.82 Å². The number of H-pyrrole nitrogens is 1. The van der Waals surface area contributed by atoms with Gasteiger partial charge in [0.05, 0.1) is 17.1 Å². The summed E-state index contributed by atoms with van der Waals surface area (Å²) in [5.74, 6) is 0.213. The van der Waals surface area contributed by atoms with Crippen molar-refractivity contribution in [1.82, 2.24) is 29.1 Å². The van der Waals surface area contributed by atoms with Gasteiger partial charge < -0.3 is 15.4 Å². The van der Waals surface area contributed by atoms with Crippen LogP contribution in [0.1, 0.15) is 24.4 Å². The maximum atomic E-state index is 13.6. The number of phenolic OH excluding ortho intramolecular Hbond substituents is 1. The fourth-order valence-corrected chi connectivity index (χ4v) is 4.63. The summed E-state index contributed by atoms with van der Waals surface area (Å²) in [5, 5.41) is 19.2. The van der Waals surface area contributed by atoms with Crippen molar-refractivity contribution in [3.8, 4) is 22.6 Å². The molecule has 2 aromatic carbocycles. The van der Waals surface area contributed by atoms with E-state index in [1.807, 2.05) is 50.2 Å². The molecule has 0 spiro atoms. The first-order valence-electron chi connectivity index (χ1n) is 11.7. The molecule has 0 bridgehead atoms. The maximum Gasteiger partial charge on any atom is 0.282 e. The third kappa shape index (κ3) is 3.70. The summed E-state index contributed by atoms with van der Waals surface area (Å²) in [6.45, 7) is 3.77. The number of phenols is 1. The van der Waals surface area contributed by atoms with Gasteiger partial charge in [-0.1, -0.05) is 18.2 Å². The van der Waals surface area contributed by atoms with Gasteiger partial charge in [0, 0.05) is 29.6 Å². The zero-order chi connectivity index (χ0) is 25.7. The Kier molecular flexibility index (Phi) is 5.22. The molecule has 6 aromatic rings. The van der Waals surface area contributed by atoms with E-state index in [0.29, 0.717) is 45.0 Å². The molecule has 4 aromatic heterocycles. The zero-order valence-corrected chi connectivity index (χ0v) is 20.0. The number of anilines is 1. The van der Waals surface area contributed by atoms with Crippen LogP contribution in [0, 0.1) is 12.7 Å². The first kappa shape index (κ1) is 22.5. The maximum absolute atomic E-state index is 13.6. The Bertz CT molecular complexity index is 1840. The van der Waals surface area contributed by atoms with E-state index in [9.17, 15) is 14.3 Å². The van der Waals surface area contributed by atoms with Gasteiger partial charge in [0.2, 0.25) is 0 Å². The smallest absolute Gasteiger partial charge is 0.282 e. The van der Waals surface area contributed by atoms with Gasteiger partial charge >= 0.3 is 0 Å². The summed E-state index contributed by atoms with van der Waals surface area (Å²) in [6.07, 6.45) is 4.87. The number of aromatic hydroxyl groups is 1. The SMILES string of the molecule is Cc1ccn2nc(C(C)Nc3ncnc4[nH]cc(-c5ccc(F)cc5O)c34)n(-c3ccccc3)c(=O)c12. The van der Waals surface area contributed by atoms with Crippen LogP contribution < -0.4 is 10.9 Å². The van der Waals surface area contributed by atoms with Crippen LogP contribution in [0.2, 0.25) is 0 Å². The molecule has 37 heavy (non-hydrogen) atoms. The number of hydrogen-bond donors (Lipinski definition) is 3. The van der Waals surface area contributed by atoms with Crippen LogP contribution in [-0.4, -0.2) is 34.2 Å². The minimum absolute atomic E-state index is 0.182. The molecule has 6 rings (SSSR count). The Morgan fingerprint density at radius 1 is 1.08 bits per heavy atom. The highest BCUT2D eigenvalue weighted by Crippen LogP contribution is 2.37. The number of nitrogens with zero attached hydrogens (tertiary/aromatic N) is 5. The molecule has 0 aliphatic carbocycles. The average Bonchev–Trinajstić information content (AvgIpc) is 3.49. The van der Waals surface area contributed by atoms with E-state index in [4.69, 9.17) is 5.10 Å². The lowest BCUT2D eigenvalue weighted by Gasteiger charge is -2.20. The van der Waals surface area contributed by atoms with Crippen LogP contribution in [0.5, 0.6) is 5.75 Å². The molecule has 1 atom stereocenters. The van der Waals surface area contributed by atoms with Crippen LogP contribution in [0.4, 0.5) is 10.2 Å². The number of aromatic amines is 1. The van der Waals surface area contributed by atoms with E-state index in [1.165, 1.54) is 18.5 Å². The molecular weight excluding hydrogens is 473 g/mol. The van der Waals surface area contributed by atoms with Gasteiger partial charge in [-0.3, -0.25) is 9.36 Å². The standard InChI is InChI=1S/C27H22FN7O2/c1-15-10-11-34-23(15)27(37)35(18-6-4-3-5-7-18)26(33-34)16(2)32-25-22-20(13-29-24(22)30-14-31-25)19-9-8-17(28)12-21(19)36/h3-14,16,36H,1-2H3,(H2,29,30,31,32). The Morgan fingerprint density at radius 3 is 2.68 bits per heavy atom. The molecule has 0 saturated carbocycles. The lowest BCUT2D eigenvalue weighted by Crippen LogP contribution is -2.29. The second-order valence-electron chi connectivity index (χ2n) is 8.80. The molecule has 9 nitrogen and oxygen atoms in total. The van der Waals surface area contributed by atoms with Crippen molar-refractivity contribution in [1.29, 1.82) is 0 Å². The third-order valence-electron chi connectivity index (χ3n) is 6.39. The number of aromatic nitrogens is 6. The van der Waals surface area contributed by atoms with Crippen molar-refractivity contribution >= 4 is 22.4 Å². The zero-order valence-electron chi connectivity index (χ0n) is 20.0. The number of fused-ring (bicyclic) bond motifs is 2. The molecule has 1 unspecified atom stereocenters. The lowest BCUT2D eigenvalue weighted by atomic mass is 10.0. The number of hydrogen-bond acceptors (Lipinski definition) is 6. The first-order chi connectivity index (χ1) is 17.9. The number of benzene rings is 2. The largest absolute Gasteiger partial charge is 0.507 e. The van der Waals surface area contributed by atoms with Crippen molar-refractivity contribution in [3.05, 3.63) is 101 Å². The predicted octanol–water partition coefficient (Wildman–Crippen LogP) is 4.75. The van der Waals surface area contributed by atoms with Crippen LogP contribution in [0.25, 0.3) is 33.4 Å². The normalized spacial score (nSPS) is 12.3. The van der Waals surface area contributed by atoms with E-state index in [0.717, 1.165) is 11.6 Å². The second kappa shape index (κ2) is 8.59. The molecular formula is C27H22FN7O2. The van der Waals surface area contributed by atoms with Gasteiger partial charge in [0.1, 0.15) is 34.9 Å². The Balaban J connectivity index is 1.50. The van der Waals surface area contributed by atoms with Gasteiger partial charge in [-0.25, -0.2) is 18.9 Å². The lowest BCUT2D eigenvalue weighted by molar-refractivity contribution is 0.471. The van der Waals surface area contributed by atoms with Crippen LogP contribution >= 0.6 is 0 Å². The summed E-state index contributed by atoms with van der Waals surface area (Å²) in [6, 6.07) is 14.6. The molecule has 3 N–H and O–H groups in total. The van der Waals surface area contributed by atoms with Crippen molar-refractivity contribution in [2.75, 3.05) is 5.32 Å². The van der Waals surface area contributed by atoms with E-state index in [-0.39, 0.29) is 11.3 Å². The molecule has 10 heteroatoms. The Hall–Kier alpha value is -4.99.